The number of rotatable bonds is 7. The molecule has 6 heteroatoms. The molecule has 0 unspecified atom stereocenters. The zero-order chi connectivity index (χ0) is 16.8. The molecule has 126 valence electrons. The predicted octanol–water partition coefficient (Wildman–Crippen LogP) is 3.21. The molecule has 24 heavy (non-hydrogen) atoms. The number of anilines is 1. The Morgan fingerprint density at radius 1 is 1.17 bits per heavy atom. The van der Waals surface area contributed by atoms with Gasteiger partial charge in [-0.15, -0.1) is 0 Å². The summed E-state index contributed by atoms with van der Waals surface area (Å²) in [7, 11) is 0. The summed E-state index contributed by atoms with van der Waals surface area (Å²) in [5.74, 6) is 2.50. The van der Waals surface area contributed by atoms with Gasteiger partial charge in [0.1, 0.15) is 0 Å². The first-order valence-electron chi connectivity index (χ1n) is 7.72. The molecule has 2 aromatic rings. The van der Waals surface area contributed by atoms with Gasteiger partial charge in [-0.25, -0.2) is 0 Å². The Hall–Kier alpha value is -2.18. The van der Waals surface area contributed by atoms with Crippen LogP contribution in [0.5, 0.6) is 11.5 Å². The van der Waals surface area contributed by atoms with Gasteiger partial charge in [-0.3, -0.25) is 4.79 Å². The first kappa shape index (κ1) is 16.7. The molecule has 1 atom stereocenters. The minimum Gasteiger partial charge on any atom is -0.454 e. The number of amides is 1. The topological polar surface area (TPSA) is 67.8 Å². The van der Waals surface area contributed by atoms with Crippen LogP contribution in [0.1, 0.15) is 18.1 Å². The third kappa shape index (κ3) is 4.43. The van der Waals surface area contributed by atoms with Crippen LogP contribution in [0, 0.1) is 0 Å². The summed E-state index contributed by atoms with van der Waals surface area (Å²) >= 11 is 1.56. The largest absolute Gasteiger partial charge is 0.454 e. The monoisotopic (exact) mass is 345 g/mol. The van der Waals surface area contributed by atoms with Crippen molar-refractivity contribution in [3.63, 3.8) is 0 Å². The second kappa shape index (κ2) is 8.08. The number of nitrogens with one attached hydrogen (secondary N) is 1. The zero-order valence-electron chi connectivity index (χ0n) is 13.1. The molecule has 0 saturated carbocycles. The van der Waals surface area contributed by atoms with Gasteiger partial charge in [0.15, 0.2) is 11.5 Å². The van der Waals surface area contributed by atoms with E-state index >= 15 is 0 Å². The fourth-order valence-corrected chi connectivity index (χ4v) is 3.24. The summed E-state index contributed by atoms with van der Waals surface area (Å²) in [5.41, 5.74) is 1.59. The summed E-state index contributed by atoms with van der Waals surface area (Å²) < 4.78 is 10.5. The van der Waals surface area contributed by atoms with Gasteiger partial charge in [-0.2, -0.15) is 11.8 Å². The smallest absolute Gasteiger partial charge is 0.231 e. The minimum atomic E-state index is -0.506. The Morgan fingerprint density at radius 3 is 2.79 bits per heavy atom. The quantitative estimate of drug-likeness (QED) is 0.754. The van der Waals surface area contributed by atoms with Gasteiger partial charge in [-0.05, 0) is 17.7 Å². The average molecular weight is 345 g/mol. The summed E-state index contributed by atoms with van der Waals surface area (Å²) in [5, 5.41) is 12.9. The molecule has 0 saturated heterocycles. The number of ether oxygens (including phenoxy) is 2. The molecule has 0 spiro atoms. The molecule has 0 bridgehead atoms. The van der Waals surface area contributed by atoms with E-state index in [9.17, 15) is 9.90 Å². The molecule has 5 nitrogen and oxygen atoms in total. The Balaban J connectivity index is 1.38. The number of carbonyl (C=O) groups excluding carboxylic acids is 1. The molecular weight excluding hydrogens is 326 g/mol. The maximum Gasteiger partial charge on any atom is 0.231 e. The van der Waals surface area contributed by atoms with E-state index in [1.807, 2.05) is 30.3 Å². The highest BCUT2D eigenvalue weighted by Crippen LogP contribution is 2.34. The normalized spacial score (nSPS) is 13.5. The molecule has 1 heterocycles. The van der Waals surface area contributed by atoms with Crippen molar-refractivity contribution >= 4 is 23.4 Å². The lowest BCUT2D eigenvalue weighted by atomic mass is 10.1. The third-order valence-electron chi connectivity index (χ3n) is 3.59. The lowest BCUT2D eigenvalue weighted by Gasteiger charge is -2.10. The molecule has 1 amide bonds. The number of carbonyl (C=O) groups is 1. The zero-order valence-corrected chi connectivity index (χ0v) is 13.9. The van der Waals surface area contributed by atoms with E-state index in [0.717, 1.165) is 5.56 Å². The van der Waals surface area contributed by atoms with Crippen molar-refractivity contribution in [2.45, 2.75) is 12.5 Å². The van der Waals surface area contributed by atoms with Crippen molar-refractivity contribution in [1.29, 1.82) is 0 Å². The summed E-state index contributed by atoms with van der Waals surface area (Å²) in [6, 6.07) is 14.9. The van der Waals surface area contributed by atoms with Crippen LogP contribution in [-0.2, 0) is 4.79 Å². The van der Waals surface area contributed by atoms with Crippen LogP contribution in [0.25, 0.3) is 0 Å². The van der Waals surface area contributed by atoms with Crippen molar-refractivity contribution in [3.8, 4) is 11.5 Å². The standard InChI is InChI=1S/C18H19NO4S/c20-15(13-4-2-1-3-5-13)11-24-9-8-18(21)19-14-6-7-16-17(10-14)23-12-22-16/h1-7,10,15,20H,8-9,11-12H2,(H,19,21)/t15-/m0/s1. The van der Waals surface area contributed by atoms with Crippen molar-refractivity contribution in [1.82, 2.24) is 0 Å². The molecule has 1 aliphatic heterocycles. The number of aliphatic hydroxyl groups is 1. The Morgan fingerprint density at radius 2 is 1.96 bits per heavy atom. The van der Waals surface area contributed by atoms with Gasteiger partial charge in [0.25, 0.3) is 0 Å². The van der Waals surface area contributed by atoms with Crippen LogP contribution in [-0.4, -0.2) is 29.3 Å². The molecule has 3 rings (SSSR count). The van der Waals surface area contributed by atoms with E-state index in [1.54, 1.807) is 30.0 Å². The van der Waals surface area contributed by atoms with E-state index in [-0.39, 0.29) is 12.7 Å². The molecule has 2 N–H and O–H groups in total. The lowest BCUT2D eigenvalue weighted by Crippen LogP contribution is -2.12. The molecular formula is C18H19NO4S. The van der Waals surface area contributed by atoms with Gasteiger partial charge in [-0.1, -0.05) is 30.3 Å². The fourth-order valence-electron chi connectivity index (χ4n) is 2.33. The molecule has 0 fully saturated rings. The molecule has 0 radical (unpaired) electrons. The third-order valence-corrected chi connectivity index (χ3v) is 4.63. The maximum absolute atomic E-state index is 12.0. The van der Waals surface area contributed by atoms with E-state index < -0.39 is 6.10 Å². The predicted molar refractivity (Wildman–Crippen MR) is 94.5 cm³/mol. The second-order valence-electron chi connectivity index (χ2n) is 5.37. The van der Waals surface area contributed by atoms with Crippen LogP contribution in [0.15, 0.2) is 48.5 Å². The van der Waals surface area contributed by atoms with Crippen LogP contribution >= 0.6 is 11.8 Å². The van der Waals surface area contributed by atoms with E-state index in [4.69, 9.17) is 9.47 Å². The van der Waals surface area contributed by atoms with E-state index in [2.05, 4.69) is 5.32 Å². The highest BCUT2D eigenvalue weighted by molar-refractivity contribution is 7.99. The van der Waals surface area contributed by atoms with Crippen LogP contribution in [0.3, 0.4) is 0 Å². The molecule has 2 aromatic carbocycles. The fraction of sp³-hybridized carbons (Fsp3) is 0.278. The van der Waals surface area contributed by atoms with Gasteiger partial charge >= 0.3 is 0 Å². The first-order valence-corrected chi connectivity index (χ1v) is 8.88. The number of thioether (sulfide) groups is 1. The van der Waals surface area contributed by atoms with Crippen molar-refractivity contribution in [2.75, 3.05) is 23.6 Å². The van der Waals surface area contributed by atoms with Crippen LogP contribution in [0.2, 0.25) is 0 Å². The molecule has 1 aliphatic rings. The van der Waals surface area contributed by atoms with Crippen molar-refractivity contribution in [2.24, 2.45) is 0 Å². The highest BCUT2D eigenvalue weighted by atomic mass is 32.2. The van der Waals surface area contributed by atoms with Gasteiger partial charge in [0.05, 0.1) is 6.10 Å². The maximum atomic E-state index is 12.0. The summed E-state index contributed by atoms with van der Waals surface area (Å²) in [6.45, 7) is 0.215. The Labute approximate surface area is 145 Å². The van der Waals surface area contributed by atoms with Crippen LogP contribution < -0.4 is 14.8 Å². The Bertz CT molecular complexity index is 693. The van der Waals surface area contributed by atoms with E-state index in [0.29, 0.717) is 35.1 Å². The van der Waals surface area contributed by atoms with Crippen molar-refractivity contribution in [3.05, 3.63) is 54.1 Å². The molecule has 0 aromatic heterocycles. The van der Waals surface area contributed by atoms with Crippen LogP contribution in [0.4, 0.5) is 5.69 Å². The number of hydrogen-bond acceptors (Lipinski definition) is 5. The second-order valence-corrected chi connectivity index (χ2v) is 6.52. The SMILES string of the molecule is O=C(CCSC[C@H](O)c1ccccc1)Nc1ccc2c(c1)OCO2. The van der Waals surface area contributed by atoms with Crippen molar-refractivity contribution < 1.29 is 19.4 Å². The molecule has 0 aliphatic carbocycles. The number of fused-ring (bicyclic) bond motifs is 1. The Kier molecular flexibility index (Phi) is 5.61. The lowest BCUT2D eigenvalue weighted by molar-refractivity contribution is -0.115. The van der Waals surface area contributed by atoms with Gasteiger partial charge in [0.2, 0.25) is 12.7 Å². The van der Waals surface area contributed by atoms with Gasteiger partial charge < -0.3 is 19.9 Å². The summed E-state index contributed by atoms with van der Waals surface area (Å²) in [4.78, 5) is 12.0. The number of aliphatic hydroxyl groups excluding tert-OH is 1. The number of hydrogen-bond donors (Lipinski definition) is 2. The summed E-state index contributed by atoms with van der Waals surface area (Å²) in [6.07, 6.45) is -0.117. The minimum absolute atomic E-state index is 0.0597. The highest BCUT2D eigenvalue weighted by Gasteiger charge is 2.14. The first-order chi connectivity index (χ1) is 11.7. The van der Waals surface area contributed by atoms with Gasteiger partial charge in [0, 0.05) is 29.7 Å². The number of benzene rings is 2. The van der Waals surface area contributed by atoms with E-state index in [1.165, 1.54) is 0 Å². The average Bonchev–Trinajstić information content (AvgIpc) is 3.07.